The van der Waals surface area contributed by atoms with Crippen LogP contribution in [0.15, 0.2) is 18.2 Å². The second kappa shape index (κ2) is 6.72. The molecular weight excluding hydrogens is 215 g/mol. The van der Waals surface area contributed by atoms with Crippen LogP contribution in [0.1, 0.15) is 36.9 Å². The molecule has 0 saturated heterocycles. The predicted octanol–water partition coefficient (Wildman–Crippen LogP) is 2.87. The zero-order valence-corrected chi connectivity index (χ0v) is 11.0. The lowest BCUT2D eigenvalue weighted by molar-refractivity contribution is 0.245. The third kappa shape index (κ3) is 3.79. The van der Waals surface area contributed by atoms with Crippen molar-refractivity contribution >= 4 is 0 Å². The fourth-order valence-corrected chi connectivity index (χ4v) is 2.12. The SMILES string of the molecule is CCCCN(C)C(CN)c1ccc(F)cc1C. The molecule has 0 spiro atoms. The number of hydrogen-bond acceptors (Lipinski definition) is 2. The van der Waals surface area contributed by atoms with E-state index in [2.05, 4.69) is 18.9 Å². The van der Waals surface area contributed by atoms with Gasteiger partial charge in [0.1, 0.15) is 5.82 Å². The molecule has 0 aliphatic carbocycles. The Hall–Kier alpha value is -0.930. The van der Waals surface area contributed by atoms with Crippen molar-refractivity contribution in [3.05, 3.63) is 35.1 Å². The zero-order chi connectivity index (χ0) is 12.8. The number of halogens is 1. The summed E-state index contributed by atoms with van der Waals surface area (Å²) in [5.74, 6) is -0.182. The zero-order valence-electron chi connectivity index (χ0n) is 11.0. The van der Waals surface area contributed by atoms with Gasteiger partial charge in [-0.3, -0.25) is 4.90 Å². The summed E-state index contributed by atoms with van der Waals surface area (Å²) >= 11 is 0. The Morgan fingerprint density at radius 1 is 1.41 bits per heavy atom. The van der Waals surface area contributed by atoms with Crippen LogP contribution < -0.4 is 5.73 Å². The molecule has 17 heavy (non-hydrogen) atoms. The minimum Gasteiger partial charge on any atom is -0.329 e. The molecule has 0 bridgehead atoms. The Morgan fingerprint density at radius 2 is 2.12 bits per heavy atom. The minimum absolute atomic E-state index is 0.182. The molecule has 0 radical (unpaired) electrons. The van der Waals surface area contributed by atoms with Crippen LogP contribution in [0.3, 0.4) is 0 Å². The van der Waals surface area contributed by atoms with Gasteiger partial charge in [0.15, 0.2) is 0 Å². The van der Waals surface area contributed by atoms with E-state index in [4.69, 9.17) is 5.73 Å². The van der Waals surface area contributed by atoms with Gasteiger partial charge in [0.25, 0.3) is 0 Å². The van der Waals surface area contributed by atoms with E-state index in [1.54, 1.807) is 6.07 Å². The number of nitrogens with zero attached hydrogens (tertiary/aromatic N) is 1. The molecule has 2 nitrogen and oxygen atoms in total. The first-order valence-corrected chi connectivity index (χ1v) is 6.26. The van der Waals surface area contributed by atoms with Gasteiger partial charge < -0.3 is 5.73 Å². The van der Waals surface area contributed by atoms with Gasteiger partial charge in [-0.2, -0.15) is 0 Å². The van der Waals surface area contributed by atoms with Gasteiger partial charge >= 0.3 is 0 Å². The summed E-state index contributed by atoms with van der Waals surface area (Å²) in [6.45, 7) is 5.70. The third-order valence-electron chi connectivity index (χ3n) is 3.21. The summed E-state index contributed by atoms with van der Waals surface area (Å²) in [4.78, 5) is 2.25. The topological polar surface area (TPSA) is 29.3 Å². The van der Waals surface area contributed by atoms with E-state index in [0.29, 0.717) is 6.54 Å². The summed E-state index contributed by atoms with van der Waals surface area (Å²) in [5.41, 5.74) is 7.96. The quantitative estimate of drug-likeness (QED) is 0.825. The van der Waals surface area contributed by atoms with Gasteiger partial charge in [-0.25, -0.2) is 4.39 Å². The summed E-state index contributed by atoms with van der Waals surface area (Å²) in [6.07, 6.45) is 2.33. The fourth-order valence-electron chi connectivity index (χ4n) is 2.12. The molecule has 0 fully saturated rings. The second-order valence-corrected chi connectivity index (χ2v) is 4.59. The number of benzene rings is 1. The maximum Gasteiger partial charge on any atom is 0.123 e. The fraction of sp³-hybridized carbons (Fsp3) is 0.571. The maximum absolute atomic E-state index is 13.1. The Kier molecular flexibility index (Phi) is 5.59. The van der Waals surface area contributed by atoms with E-state index in [0.717, 1.165) is 24.1 Å². The smallest absolute Gasteiger partial charge is 0.123 e. The van der Waals surface area contributed by atoms with Crippen molar-refractivity contribution < 1.29 is 4.39 Å². The number of likely N-dealkylation sites (N-methyl/N-ethyl adjacent to an activating group) is 1. The molecule has 0 aliphatic rings. The highest BCUT2D eigenvalue weighted by Crippen LogP contribution is 2.22. The van der Waals surface area contributed by atoms with Crippen LogP contribution in [0.5, 0.6) is 0 Å². The standard InChI is InChI=1S/C14H23FN2/c1-4-5-8-17(3)14(10-16)13-7-6-12(15)9-11(13)2/h6-7,9,14H,4-5,8,10,16H2,1-3H3. The van der Waals surface area contributed by atoms with E-state index in [-0.39, 0.29) is 11.9 Å². The molecule has 0 aliphatic heterocycles. The minimum atomic E-state index is -0.182. The Bertz CT molecular complexity index is 352. The van der Waals surface area contributed by atoms with Crippen molar-refractivity contribution in [1.82, 2.24) is 4.90 Å². The van der Waals surface area contributed by atoms with E-state index in [1.807, 2.05) is 13.0 Å². The normalized spacial score (nSPS) is 13.1. The van der Waals surface area contributed by atoms with Crippen LogP contribution in [-0.2, 0) is 0 Å². The van der Waals surface area contributed by atoms with E-state index >= 15 is 0 Å². The lowest BCUT2D eigenvalue weighted by Gasteiger charge is -2.28. The molecule has 1 aromatic carbocycles. The first-order valence-electron chi connectivity index (χ1n) is 6.26. The van der Waals surface area contributed by atoms with Crippen LogP contribution in [0.4, 0.5) is 4.39 Å². The van der Waals surface area contributed by atoms with E-state index in [9.17, 15) is 4.39 Å². The lowest BCUT2D eigenvalue weighted by Crippen LogP contribution is -2.31. The Balaban J connectivity index is 2.85. The van der Waals surface area contributed by atoms with Crippen molar-refractivity contribution in [2.45, 2.75) is 32.7 Å². The molecule has 0 saturated carbocycles. The number of aryl methyl sites for hydroxylation is 1. The molecule has 2 N–H and O–H groups in total. The van der Waals surface area contributed by atoms with Crippen molar-refractivity contribution in [2.75, 3.05) is 20.1 Å². The largest absolute Gasteiger partial charge is 0.329 e. The molecule has 0 amide bonds. The van der Waals surface area contributed by atoms with Gasteiger partial charge in [0.05, 0.1) is 0 Å². The van der Waals surface area contributed by atoms with Gasteiger partial charge in [0, 0.05) is 12.6 Å². The summed E-state index contributed by atoms with van der Waals surface area (Å²) < 4.78 is 13.1. The van der Waals surface area contributed by atoms with E-state index in [1.165, 1.54) is 12.5 Å². The molecule has 1 rings (SSSR count). The van der Waals surface area contributed by atoms with Crippen molar-refractivity contribution in [3.63, 3.8) is 0 Å². The first-order chi connectivity index (χ1) is 8.10. The summed E-state index contributed by atoms with van der Waals surface area (Å²) in [5, 5.41) is 0. The molecular formula is C14H23FN2. The number of hydrogen-bond donors (Lipinski definition) is 1. The molecule has 1 unspecified atom stereocenters. The number of rotatable bonds is 6. The predicted molar refractivity (Wildman–Crippen MR) is 70.5 cm³/mol. The molecule has 1 atom stereocenters. The summed E-state index contributed by atoms with van der Waals surface area (Å²) in [7, 11) is 2.08. The van der Waals surface area contributed by atoms with Crippen molar-refractivity contribution in [1.29, 1.82) is 0 Å². The van der Waals surface area contributed by atoms with Crippen LogP contribution in [0.2, 0.25) is 0 Å². The maximum atomic E-state index is 13.1. The van der Waals surface area contributed by atoms with E-state index < -0.39 is 0 Å². The van der Waals surface area contributed by atoms with Crippen LogP contribution in [-0.4, -0.2) is 25.0 Å². The lowest BCUT2D eigenvalue weighted by atomic mass is 10.00. The van der Waals surface area contributed by atoms with Gasteiger partial charge in [-0.1, -0.05) is 19.4 Å². The monoisotopic (exact) mass is 238 g/mol. The van der Waals surface area contributed by atoms with Crippen LogP contribution >= 0.6 is 0 Å². The van der Waals surface area contributed by atoms with Crippen LogP contribution in [0.25, 0.3) is 0 Å². The molecule has 1 aromatic rings. The Labute approximate surface area is 104 Å². The Morgan fingerprint density at radius 3 is 2.65 bits per heavy atom. The molecule has 0 aromatic heterocycles. The van der Waals surface area contributed by atoms with Crippen LogP contribution in [0, 0.1) is 12.7 Å². The molecule has 3 heteroatoms. The van der Waals surface area contributed by atoms with Crippen molar-refractivity contribution in [2.24, 2.45) is 5.73 Å². The molecule has 96 valence electrons. The number of nitrogens with two attached hydrogens (primary N) is 1. The average Bonchev–Trinajstić information content (AvgIpc) is 2.30. The van der Waals surface area contributed by atoms with Gasteiger partial charge in [-0.05, 0) is 50.2 Å². The average molecular weight is 238 g/mol. The number of unbranched alkanes of at least 4 members (excludes halogenated alkanes) is 1. The molecule has 0 heterocycles. The van der Waals surface area contributed by atoms with Gasteiger partial charge in [-0.15, -0.1) is 0 Å². The second-order valence-electron chi connectivity index (χ2n) is 4.59. The third-order valence-corrected chi connectivity index (χ3v) is 3.21. The highest BCUT2D eigenvalue weighted by atomic mass is 19.1. The van der Waals surface area contributed by atoms with Gasteiger partial charge in [0.2, 0.25) is 0 Å². The summed E-state index contributed by atoms with van der Waals surface area (Å²) in [6, 6.07) is 5.12. The highest BCUT2D eigenvalue weighted by molar-refractivity contribution is 5.29. The first kappa shape index (κ1) is 14.1. The highest BCUT2D eigenvalue weighted by Gasteiger charge is 2.16. The van der Waals surface area contributed by atoms with Crippen molar-refractivity contribution in [3.8, 4) is 0 Å².